The molecule has 1 aliphatic carbocycles. The number of aromatic nitrogens is 4. The molecule has 2 N–H and O–H groups in total. The van der Waals surface area contributed by atoms with E-state index >= 15 is 0 Å². The number of hydrogen-bond donors (Lipinski definition) is 2. The van der Waals surface area contributed by atoms with Gasteiger partial charge >= 0.3 is 0 Å². The summed E-state index contributed by atoms with van der Waals surface area (Å²) in [7, 11) is 1.68. The maximum atomic E-state index is 9.99. The van der Waals surface area contributed by atoms with E-state index in [0.29, 0.717) is 24.4 Å². The van der Waals surface area contributed by atoms with E-state index in [1.54, 1.807) is 13.3 Å². The van der Waals surface area contributed by atoms with Gasteiger partial charge in [0, 0.05) is 42.6 Å². The second-order valence-electron chi connectivity index (χ2n) is 8.92. The van der Waals surface area contributed by atoms with Crippen molar-refractivity contribution in [2.75, 3.05) is 19.0 Å². The molecule has 1 atom stereocenters. The summed E-state index contributed by atoms with van der Waals surface area (Å²) in [6.07, 6.45) is 7.01. The minimum Gasteiger partial charge on any atom is -0.475 e. The number of ether oxygens (including phenoxy) is 2. The fraction of sp³-hybridized carbons (Fsp3) is 0.542. The first-order valence-corrected chi connectivity index (χ1v) is 11.4. The van der Waals surface area contributed by atoms with Crippen LogP contribution in [-0.2, 0) is 4.74 Å². The first-order chi connectivity index (χ1) is 15.4. The molecule has 0 aliphatic heterocycles. The van der Waals surface area contributed by atoms with Crippen LogP contribution in [-0.4, -0.2) is 56.7 Å². The molecule has 1 saturated carbocycles. The van der Waals surface area contributed by atoms with Crippen molar-refractivity contribution < 1.29 is 14.6 Å². The van der Waals surface area contributed by atoms with Crippen LogP contribution < -0.4 is 10.1 Å². The first-order valence-electron chi connectivity index (χ1n) is 11.4. The Bertz CT molecular complexity index is 1040. The van der Waals surface area contributed by atoms with E-state index in [2.05, 4.69) is 21.4 Å². The highest BCUT2D eigenvalue weighted by molar-refractivity contribution is 5.81. The third-order valence-corrected chi connectivity index (χ3v) is 5.85. The lowest BCUT2D eigenvalue weighted by Crippen LogP contribution is -2.23. The fourth-order valence-corrected chi connectivity index (χ4v) is 4.37. The van der Waals surface area contributed by atoms with Crippen molar-refractivity contribution in [2.24, 2.45) is 0 Å². The molecule has 0 spiro atoms. The lowest BCUT2D eigenvalue weighted by atomic mass is 9.85. The third-order valence-electron chi connectivity index (χ3n) is 5.85. The highest BCUT2D eigenvalue weighted by atomic mass is 16.5. The molecular formula is C24H33N5O3. The van der Waals surface area contributed by atoms with Gasteiger partial charge in [0.1, 0.15) is 0 Å². The lowest BCUT2D eigenvalue weighted by molar-refractivity contribution is 0.121. The molecule has 3 heterocycles. The Morgan fingerprint density at radius 1 is 1.16 bits per heavy atom. The van der Waals surface area contributed by atoms with Crippen molar-refractivity contribution in [3.63, 3.8) is 0 Å². The summed E-state index contributed by atoms with van der Waals surface area (Å²) in [5, 5.41) is 18.1. The van der Waals surface area contributed by atoms with Crippen LogP contribution in [0, 0.1) is 0 Å². The van der Waals surface area contributed by atoms with Crippen LogP contribution in [0.3, 0.4) is 0 Å². The van der Waals surface area contributed by atoms with Crippen molar-refractivity contribution >= 4 is 11.5 Å². The SMILES string of the molecule is COC[C@H](C)Nc1ncc2c(-c3ccnc(OC(C)C)c3)cc(C3CCC(O)CC3)n2n1. The standard InChI is InChI=1S/C24H33N5O3/c1-15(2)32-23-11-18(9-10-25-23)20-12-21(17-5-7-19(30)8-6-17)29-22(20)13-26-24(28-29)27-16(3)14-31-4/h9-13,15-17,19,30H,5-8,14H2,1-4H3,(H,27,28)/t16-,17?,19?/m0/s1. The molecule has 0 radical (unpaired) electrons. The summed E-state index contributed by atoms with van der Waals surface area (Å²) in [5.41, 5.74) is 4.17. The van der Waals surface area contributed by atoms with Gasteiger partial charge in [-0.05, 0) is 64.2 Å². The predicted octanol–water partition coefficient (Wildman–Crippen LogP) is 4.04. The topological polar surface area (TPSA) is 93.8 Å². The molecule has 3 aromatic heterocycles. The van der Waals surface area contributed by atoms with Gasteiger partial charge < -0.3 is 19.9 Å². The number of methoxy groups -OCH3 is 1. The van der Waals surface area contributed by atoms with Crippen LogP contribution in [0.15, 0.2) is 30.6 Å². The van der Waals surface area contributed by atoms with Crippen molar-refractivity contribution in [2.45, 2.75) is 70.6 Å². The molecule has 32 heavy (non-hydrogen) atoms. The summed E-state index contributed by atoms with van der Waals surface area (Å²) in [6, 6.07) is 6.26. The summed E-state index contributed by atoms with van der Waals surface area (Å²) >= 11 is 0. The molecule has 3 aromatic rings. The maximum absolute atomic E-state index is 9.99. The van der Waals surface area contributed by atoms with Gasteiger partial charge in [-0.3, -0.25) is 0 Å². The van der Waals surface area contributed by atoms with Gasteiger partial charge in [-0.1, -0.05) is 0 Å². The molecule has 8 heteroatoms. The van der Waals surface area contributed by atoms with E-state index in [1.807, 2.05) is 43.6 Å². The Morgan fingerprint density at radius 2 is 1.94 bits per heavy atom. The Balaban J connectivity index is 1.76. The number of rotatable bonds is 8. The number of nitrogens with one attached hydrogen (secondary N) is 1. The van der Waals surface area contributed by atoms with E-state index < -0.39 is 0 Å². The van der Waals surface area contributed by atoms with Gasteiger partial charge in [0.05, 0.1) is 30.5 Å². The molecule has 0 amide bonds. The van der Waals surface area contributed by atoms with E-state index in [0.717, 1.165) is 48.0 Å². The molecule has 1 aliphatic rings. The average Bonchev–Trinajstić information content (AvgIpc) is 3.13. The van der Waals surface area contributed by atoms with Gasteiger partial charge in [0.25, 0.3) is 0 Å². The largest absolute Gasteiger partial charge is 0.475 e. The highest BCUT2D eigenvalue weighted by Gasteiger charge is 2.26. The normalized spacial score (nSPS) is 19.9. The minimum absolute atomic E-state index is 0.0545. The number of fused-ring (bicyclic) bond motifs is 1. The summed E-state index contributed by atoms with van der Waals surface area (Å²) in [5.74, 6) is 1.51. The zero-order valence-electron chi connectivity index (χ0n) is 19.3. The summed E-state index contributed by atoms with van der Waals surface area (Å²) in [6.45, 7) is 6.59. The van der Waals surface area contributed by atoms with Gasteiger partial charge in [-0.2, -0.15) is 0 Å². The van der Waals surface area contributed by atoms with Crippen LogP contribution in [0.5, 0.6) is 5.88 Å². The van der Waals surface area contributed by atoms with Crippen molar-refractivity contribution in [1.29, 1.82) is 0 Å². The number of pyridine rings is 1. The quantitative estimate of drug-likeness (QED) is 0.547. The van der Waals surface area contributed by atoms with Crippen LogP contribution in [0.1, 0.15) is 58.1 Å². The second-order valence-corrected chi connectivity index (χ2v) is 8.92. The van der Waals surface area contributed by atoms with Crippen LogP contribution >= 0.6 is 0 Å². The first kappa shape index (κ1) is 22.5. The monoisotopic (exact) mass is 439 g/mol. The summed E-state index contributed by atoms with van der Waals surface area (Å²) < 4.78 is 13.0. The molecule has 0 unspecified atom stereocenters. The van der Waals surface area contributed by atoms with Gasteiger partial charge in [0.2, 0.25) is 11.8 Å². The number of anilines is 1. The molecule has 4 rings (SSSR count). The third kappa shape index (κ3) is 5.02. The Hall–Kier alpha value is -2.71. The molecule has 0 saturated heterocycles. The Morgan fingerprint density at radius 3 is 2.66 bits per heavy atom. The maximum Gasteiger partial charge on any atom is 0.241 e. The summed E-state index contributed by atoms with van der Waals surface area (Å²) in [4.78, 5) is 8.92. The van der Waals surface area contributed by atoms with Crippen LogP contribution in [0.2, 0.25) is 0 Å². The molecule has 8 nitrogen and oxygen atoms in total. The van der Waals surface area contributed by atoms with E-state index in [9.17, 15) is 5.11 Å². The van der Waals surface area contributed by atoms with Crippen molar-refractivity contribution in [1.82, 2.24) is 19.6 Å². The van der Waals surface area contributed by atoms with Crippen LogP contribution in [0.25, 0.3) is 16.6 Å². The van der Waals surface area contributed by atoms with E-state index in [4.69, 9.17) is 14.6 Å². The zero-order valence-corrected chi connectivity index (χ0v) is 19.3. The fourth-order valence-electron chi connectivity index (χ4n) is 4.37. The van der Waals surface area contributed by atoms with Gasteiger partial charge in [-0.15, -0.1) is 5.10 Å². The zero-order chi connectivity index (χ0) is 22.7. The lowest BCUT2D eigenvalue weighted by Gasteiger charge is -2.25. The van der Waals surface area contributed by atoms with Crippen LogP contribution in [0.4, 0.5) is 5.95 Å². The number of hydrogen-bond acceptors (Lipinski definition) is 7. The molecule has 172 valence electrons. The predicted molar refractivity (Wildman–Crippen MR) is 124 cm³/mol. The smallest absolute Gasteiger partial charge is 0.241 e. The molecule has 0 bridgehead atoms. The van der Waals surface area contributed by atoms with Crippen molar-refractivity contribution in [3.8, 4) is 17.0 Å². The number of aliphatic hydroxyl groups excluding tert-OH is 1. The number of nitrogens with zero attached hydrogens (tertiary/aromatic N) is 4. The Kier molecular flexibility index (Phi) is 6.91. The van der Waals surface area contributed by atoms with Crippen molar-refractivity contribution in [3.05, 3.63) is 36.3 Å². The van der Waals surface area contributed by atoms with Gasteiger partial charge in [0.15, 0.2) is 0 Å². The van der Waals surface area contributed by atoms with Gasteiger partial charge in [-0.25, -0.2) is 14.5 Å². The van der Waals surface area contributed by atoms with E-state index in [1.165, 1.54) is 0 Å². The molecule has 1 fully saturated rings. The minimum atomic E-state index is -0.199. The average molecular weight is 440 g/mol. The molecule has 0 aromatic carbocycles. The second kappa shape index (κ2) is 9.83. The highest BCUT2D eigenvalue weighted by Crippen LogP contribution is 2.38. The number of aliphatic hydroxyl groups is 1. The molecular weight excluding hydrogens is 406 g/mol. The van der Waals surface area contributed by atoms with E-state index in [-0.39, 0.29) is 18.2 Å². The Labute approximate surface area is 189 Å².